The Morgan fingerprint density at radius 3 is 2.77 bits per heavy atom. The minimum Gasteiger partial charge on any atom is -0.493 e. The van der Waals surface area contributed by atoms with Crippen LogP contribution in [0.15, 0.2) is 41.7 Å². The Kier molecular flexibility index (Phi) is 6.95. The van der Waals surface area contributed by atoms with E-state index in [4.69, 9.17) is 4.74 Å². The molecule has 5 heteroatoms. The number of thioether (sulfide) groups is 1. The second-order valence-electron chi connectivity index (χ2n) is 6.49. The number of pyridine rings is 1. The number of hydrogen-bond acceptors (Lipinski definition) is 4. The van der Waals surface area contributed by atoms with Crippen molar-refractivity contribution in [2.45, 2.75) is 56.9 Å². The highest BCUT2D eigenvalue weighted by molar-refractivity contribution is 7.98. The Balaban J connectivity index is 1.54. The van der Waals surface area contributed by atoms with Crippen molar-refractivity contribution in [1.29, 1.82) is 0 Å². The number of hydrogen-bond donors (Lipinski definition) is 1. The van der Waals surface area contributed by atoms with Gasteiger partial charge < -0.3 is 9.72 Å². The van der Waals surface area contributed by atoms with Crippen molar-refractivity contribution in [2.75, 3.05) is 6.61 Å². The van der Waals surface area contributed by atoms with E-state index >= 15 is 0 Å². The lowest BCUT2D eigenvalue weighted by molar-refractivity contribution is 0.302. The first-order valence-electron chi connectivity index (χ1n) is 9.42. The van der Waals surface area contributed by atoms with Crippen LogP contribution in [-0.2, 0) is 5.75 Å². The predicted octanol–water partition coefficient (Wildman–Crippen LogP) is 5.91. The van der Waals surface area contributed by atoms with Crippen LogP contribution in [0.5, 0.6) is 5.75 Å². The Bertz CT molecular complexity index is 798. The van der Waals surface area contributed by atoms with Gasteiger partial charge in [0, 0.05) is 17.5 Å². The monoisotopic (exact) mass is 369 g/mol. The Morgan fingerprint density at radius 2 is 1.92 bits per heavy atom. The van der Waals surface area contributed by atoms with Crippen LogP contribution in [0.1, 0.15) is 50.3 Å². The summed E-state index contributed by atoms with van der Waals surface area (Å²) in [5, 5.41) is 0.926. The zero-order chi connectivity index (χ0) is 18.2. The van der Waals surface area contributed by atoms with E-state index in [1.54, 1.807) is 11.8 Å². The number of fused-ring (bicyclic) bond motifs is 1. The minimum absolute atomic E-state index is 0.777. The number of benzene rings is 1. The lowest BCUT2D eigenvalue weighted by Crippen LogP contribution is -2.02. The second-order valence-corrected chi connectivity index (χ2v) is 7.46. The molecular weight excluding hydrogens is 342 g/mol. The largest absolute Gasteiger partial charge is 0.493 e. The van der Waals surface area contributed by atoms with Crippen molar-refractivity contribution in [2.24, 2.45) is 0 Å². The van der Waals surface area contributed by atoms with Crippen LogP contribution in [0.3, 0.4) is 0 Å². The molecule has 0 aliphatic carbocycles. The molecule has 1 aromatic carbocycles. The molecule has 0 bridgehead atoms. The molecule has 3 aromatic rings. The molecule has 1 N–H and O–H groups in total. The van der Waals surface area contributed by atoms with Gasteiger partial charge in [0.05, 0.1) is 23.3 Å². The van der Waals surface area contributed by atoms with E-state index in [1.807, 2.05) is 36.5 Å². The number of nitrogens with one attached hydrogen (secondary N) is 1. The highest BCUT2D eigenvalue weighted by atomic mass is 32.2. The van der Waals surface area contributed by atoms with Crippen LogP contribution in [0.4, 0.5) is 0 Å². The zero-order valence-corrected chi connectivity index (χ0v) is 16.4. The highest BCUT2D eigenvalue weighted by Crippen LogP contribution is 2.27. The molecule has 0 unspecified atom stereocenters. The molecule has 26 heavy (non-hydrogen) atoms. The number of aromatic nitrogens is 3. The molecule has 0 amide bonds. The van der Waals surface area contributed by atoms with Gasteiger partial charge in [-0.05, 0) is 31.5 Å². The van der Waals surface area contributed by atoms with Crippen LogP contribution in [-0.4, -0.2) is 21.6 Å². The van der Waals surface area contributed by atoms with Crippen molar-refractivity contribution in [1.82, 2.24) is 15.0 Å². The fourth-order valence-corrected chi connectivity index (χ4v) is 3.79. The number of rotatable bonds is 10. The molecular formula is C21H27N3OS. The summed E-state index contributed by atoms with van der Waals surface area (Å²) in [6.07, 6.45) is 8.09. The fraction of sp³-hybridized carbons (Fsp3) is 0.429. The van der Waals surface area contributed by atoms with Crippen LogP contribution >= 0.6 is 11.8 Å². The van der Waals surface area contributed by atoms with Gasteiger partial charge in [0.15, 0.2) is 5.16 Å². The topological polar surface area (TPSA) is 50.8 Å². The smallest absolute Gasteiger partial charge is 0.166 e. The second kappa shape index (κ2) is 9.62. The van der Waals surface area contributed by atoms with Crippen molar-refractivity contribution < 1.29 is 4.74 Å². The number of para-hydroxylation sites is 2. The number of aromatic amines is 1. The molecule has 3 rings (SSSR count). The number of unbranched alkanes of at least 4 members (excludes halogenated alkanes) is 4. The van der Waals surface area contributed by atoms with Crippen LogP contribution in [0.25, 0.3) is 11.0 Å². The van der Waals surface area contributed by atoms with Gasteiger partial charge in [0.1, 0.15) is 5.75 Å². The standard InChI is InChI=1S/C21H27N3OS/c1-3-4-5-6-9-14-25-20-12-13-22-19(16(20)2)15-26-21-23-17-10-7-8-11-18(17)24-21/h7-8,10-13H,3-6,9,14-15H2,1-2H3,(H,23,24). The van der Waals surface area contributed by atoms with Gasteiger partial charge in [0.25, 0.3) is 0 Å². The van der Waals surface area contributed by atoms with E-state index < -0.39 is 0 Å². The zero-order valence-electron chi connectivity index (χ0n) is 15.6. The third-order valence-corrected chi connectivity index (χ3v) is 5.36. The Hall–Kier alpha value is -2.01. The summed E-state index contributed by atoms with van der Waals surface area (Å²) in [6, 6.07) is 10.1. The maximum Gasteiger partial charge on any atom is 0.166 e. The summed E-state index contributed by atoms with van der Waals surface area (Å²) < 4.78 is 5.99. The van der Waals surface area contributed by atoms with Crippen molar-refractivity contribution in [3.05, 3.63) is 47.8 Å². The first-order valence-corrected chi connectivity index (χ1v) is 10.4. The summed E-state index contributed by atoms with van der Waals surface area (Å²) in [5.41, 5.74) is 4.25. The average molecular weight is 370 g/mol. The summed E-state index contributed by atoms with van der Waals surface area (Å²) in [7, 11) is 0. The van der Waals surface area contributed by atoms with Gasteiger partial charge in [-0.15, -0.1) is 0 Å². The predicted molar refractivity (Wildman–Crippen MR) is 109 cm³/mol. The number of ether oxygens (including phenoxy) is 1. The molecule has 4 nitrogen and oxygen atoms in total. The Labute approximate surface area is 159 Å². The van der Waals surface area contributed by atoms with Gasteiger partial charge >= 0.3 is 0 Å². The number of imidazole rings is 1. The third kappa shape index (κ3) is 5.01. The van der Waals surface area contributed by atoms with E-state index in [2.05, 4.69) is 28.8 Å². The first kappa shape index (κ1) is 18.8. The Morgan fingerprint density at radius 1 is 1.08 bits per heavy atom. The van der Waals surface area contributed by atoms with Crippen LogP contribution < -0.4 is 4.74 Å². The van der Waals surface area contributed by atoms with Crippen molar-refractivity contribution in [3.8, 4) is 5.75 Å². The number of nitrogens with zero attached hydrogens (tertiary/aromatic N) is 2. The van der Waals surface area contributed by atoms with Gasteiger partial charge in [-0.3, -0.25) is 4.98 Å². The maximum atomic E-state index is 5.99. The first-order chi connectivity index (χ1) is 12.8. The molecule has 0 saturated heterocycles. The van der Waals surface area contributed by atoms with E-state index in [0.717, 1.165) is 52.0 Å². The minimum atomic E-state index is 0.777. The molecule has 0 fully saturated rings. The van der Waals surface area contributed by atoms with E-state index in [9.17, 15) is 0 Å². The fourth-order valence-electron chi connectivity index (χ4n) is 2.88. The quantitative estimate of drug-likeness (QED) is 0.357. The summed E-state index contributed by atoms with van der Waals surface area (Å²) in [5.74, 6) is 1.73. The van der Waals surface area contributed by atoms with Crippen molar-refractivity contribution >= 4 is 22.8 Å². The van der Waals surface area contributed by atoms with Gasteiger partial charge in [-0.25, -0.2) is 4.98 Å². The van der Waals surface area contributed by atoms with Gasteiger partial charge in [-0.2, -0.15) is 0 Å². The van der Waals surface area contributed by atoms with E-state index in [0.29, 0.717) is 0 Å². The lowest BCUT2D eigenvalue weighted by atomic mass is 10.2. The van der Waals surface area contributed by atoms with Crippen molar-refractivity contribution in [3.63, 3.8) is 0 Å². The summed E-state index contributed by atoms with van der Waals surface area (Å²) >= 11 is 1.67. The molecule has 0 spiro atoms. The molecule has 0 radical (unpaired) electrons. The van der Waals surface area contributed by atoms with E-state index in [-0.39, 0.29) is 0 Å². The molecule has 138 valence electrons. The maximum absolute atomic E-state index is 5.99. The molecule has 0 aliphatic rings. The van der Waals surface area contributed by atoms with Gasteiger partial charge in [-0.1, -0.05) is 56.5 Å². The normalized spacial score (nSPS) is 11.2. The van der Waals surface area contributed by atoms with Gasteiger partial charge in [0.2, 0.25) is 0 Å². The third-order valence-electron chi connectivity index (χ3n) is 4.48. The molecule has 0 aliphatic heterocycles. The summed E-state index contributed by atoms with van der Waals surface area (Å²) in [4.78, 5) is 12.5. The molecule has 2 heterocycles. The lowest BCUT2D eigenvalue weighted by Gasteiger charge is -2.11. The van der Waals surface area contributed by atoms with Crippen LogP contribution in [0, 0.1) is 6.92 Å². The average Bonchev–Trinajstić information content (AvgIpc) is 3.07. The molecule has 0 saturated carbocycles. The SMILES string of the molecule is CCCCCCCOc1ccnc(CSc2nc3ccccc3[nH]2)c1C. The molecule has 0 atom stereocenters. The highest BCUT2D eigenvalue weighted by Gasteiger charge is 2.09. The summed E-state index contributed by atoms with van der Waals surface area (Å²) in [6.45, 7) is 5.11. The number of H-pyrrole nitrogens is 1. The van der Waals surface area contributed by atoms with Crippen LogP contribution in [0.2, 0.25) is 0 Å². The molecule has 2 aromatic heterocycles. The van der Waals surface area contributed by atoms with E-state index in [1.165, 1.54) is 25.7 Å².